The van der Waals surface area contributed by atoms with Crippen LogP contribution in [0.4, 0.5) is 4.79 Å². The van der Waals surface area contributed by atoms with Crippen LogP contribution in [0.5, 0.6) is 5.75 Å². The average molecular weight is 464 g/mol. The van der Waals surface area contributed by atoms with E-state index in [4.69, 9.17) is 9.47 Å². The van der Waals surface area contributed by atoms with Gasteiger partial charge in [0, 0.05) is 11.6 Å². The van der Waals surface area contributed by atoms with E-state index in [1.54, 1.807) is 6.07 Å². The molecule has 0 aliphatic carbocycles. The third-order valence-corrected chi connectivity index (χ3v) is 5.95. The predicted molar refractivity (Wildman–Crippen MR) is 126 cm³/mol. The highest BCUT2D eigenvalue weighted by Gasteiger charge is 2.43. The first kappa shape index (κ1) is 23.4. The number of ether oxygens (including phenoxy) is 2. The molecule has 2 N–H and O–H groups in total. The van der Waals surface area contributed by atoms with Crippen molar-refractivity contribution in [1.29, 1.82) is 0 Å². The maximum atomic E-state index is 13.0. The van der Waals surface area contributed by atoms with Gasteiger partial charge in [0.1, 0.15) is 18.9 Å². The van der Waals surface area contributed by atoms with Crippen LogP contribution < -0.4 is 15.4 Å². The summed E-state index contributed by atoms with van der Waals surface area (Å²) in [6.07, 6.45) is 1.61. The fraction of sp³-hybridized carbons (Fsp3) is 0.346. The van der Waals surface area contributed by atoms with E-state index in [1.807, 2.05) is 50.2 Å². The lowest BCUT2D eigenvalue weighted by Gasteiger charge is -2.33. The summed E-state index contributed by atoms with van der Waals surface area (Å²) >= 11 is 0. The van der Waals surface area contributed by atoms with Crippen molar-refractivity contribution in [2.24, 2.45) is 0 Å². The van der Waals surface area contributed by atoms with E-state index in [0.29, 0.717) is 29.2 Å². The first-order chi connectivity index (χ1) is 16.5. The minimum atomic E-state index is -0.704. The first-order valence-corrected chi connectivity index (χ1v) is 11.5. The van der Waals surface area contributed by atoms with Gasteiger partial charge in [-0.1, -0.05) is 48.5 Å². The van der Waals surface area contributed by atoms with Crippen LogP contribution in [0.25, 0.3) is 0 Å². The van der Waals surface area contributed by atoms with E-state index in [9.17, 15) is 14.4 Å². The molecule has 2 atom stereocenters. The second-order valence-corrected chi connectivity index (χ2v) is 8.37. The van der Waals surface area contributed by atoms with Crippen molar-refractivity contribution in [2.75, 3.05) is 19.8 Å². The minimum Gasteiger partial charge on any atom is -0.494 e. The van der Waals surface area contributed by atoms with Gasteiger partial charge in [0.2, 0.25) is 5.91 Å². The Morgan fingerprint density at radius 1 is 1.18 bits per heavy atom. The van der Waals surface area contributed by atoms with Gasteiger partial charge in [-0.15, -0.1) is 0 Å². The molecular formula is C26H29N3O5. The molecule has 8 nitrogen and oxygen atoms in total. The minimum absolute atomic E-state index is 0.0499. The van der Waals surface area contributed by atoms with Crippen LogP contribution in [-0.2, 0) is 20.7 Å². The Bertz CT molecular complexity index is 1100. The third-order valence-electron chi connectivity index (χ3n) is 5.95. The van der Waals surface area contributed by atoms with Gasteiger partial charge in [0.05, 0.1) is 23.9 Å². The van der Waals surface area contributed by atoms with Crippen LogP contribution in [0.2, 0.25) is 0 Å². The van der Waals surface area contributed by atoms with E-state index in [-0.39, 0.29) is 25.1 Å². The number of esters is 1. The molecule has 2 aromatic carbocycles. The Hall–Kier alpha value is -3.81. The highest BCUT2D eigenvalue weighted by molar-refractivity contribution is 5.98. The van der Waals surface area contributed by atoms with E-state index in [2.05, 4.69) is 22.8 Å². The lowest BCUT2D eigenvalue weighted by Crippen LogP contribution is -2.51. The zero-order valence-corrected chi connectivity index (χ0v) is 19.4. The van der Waals surface area contributed by atoms with Gasteiger partial charge in [0.25, 0.3) is 0 Å². The molecule has 0 aromatic heterocycles. The number of hydrogen-bond acceptors (Lipinski definition) is 5. The van der Waals surface area contributed by atoms with Crippen LogP contribution in [0.3, 0.4) is 0 Å². The van der Waals surface area contributed by atoms with E-state index < -0.39 is 18.0 Å². The van der Waals surface area contributed by atoms with Gasteiger partial charge < -0.3 is 20.1 Å². The number of carbonyl (C=O) groups is 3. The number of cyclic esters (lactones) is 1. The maximum absolute atomic E-state index is 13.0. The number of carbonyl (C=O) groups excluding carboxylic acids is 3. The molecule has 2 aromatic rings. The number of nitrogens with zero attached hydrogens (tertiary/aromatic N) is 1. The van der Waals surface area contributed by atoms with Crippen molar-refractivity contribution in [3.05, 3.63) is 77.0 Å². The molecule has 2 aliphatic heterocycles. The Balaban J connectivity index is 1.47. The Morgan fingerprint density at radius 2 is 1.91 bits per heavy atom. The summed E-state index contributed by atoms with van der Waals surface area (Å²) in [6.45, 7) is 4.00. The van der Waals surface area contributed by atoms with E-state index >= 15 is 0 Å². The van der Waals surface area contributed by atoms with Crippen LogP contribution in [0.15, 0.2) is 65.9 Å². The van der Waals surface area contributed by atoms with Crippen LogP contribution in [0.1, 0.15) is 37.4 Å². The smallest absolute Gasteiger partial charge is 0.338 e. The van der Waals surface area contributed by atoms with Crippen molar-refractivity contribution in [3.63, 3.8) is 0 Å². The van der Waals surface area contributed by atoms with Gasteiger partial charge >= 0.3 is 12.0 Å². The maximum Gasteiger partial charge on any atom is 0.338 e. The lowest BCUT2D eigenvalue weighted by atomic mass is 9.95. The summed E-state index contributed by atoms with van der Waals surface area (Å²) in [7, 11) is 0. The van der Waals surface area contributed by atoms with Crippen LogP contribution in [-0.4, -0.2) is 48.6 Å². The summed E-state index contributed by atoms with van der Waals surface area (Å²) in [5.41, 5.74) is 2.62. The van der Waals surface area contributed by atoms with Gasteiger partial charge in [-0.3, -0.25) is 9.69 Å². The summed E-state index contributed by atoms with van der Waals surface area (Å²) in [4.78, 5) is 39.6. The molecule has 4 rings (SSSR count). The molecule has 2 aliphatic rings. The summed E-state index contributed by atoms with van der Waals surface area (Å²) in [6, 6.07) is 16.1. The van der Waals surface area contributed by atoms with Crippen molar-refractivity contribution in [2.45, 2.75) is 38.8 Å². The second-order valence-electron chi connectivity index (χ2n) is 8.37. The molecule has 34 heavy (non-hydrogen) atoms. The van der Waals surface area contributed by atoms with Gasteiger partial charge in [-0.2, -0.15) is 0 Å². The van der Waals surface area contributed by atoms with Crippen molar-refractivity contribution < 1.29 is 23.9 Å². The number of para-hydroxylation sites is 1. The summed E-state index contributed by atoms with van der Waals surface area (Å²) in [5.74, 6) is -0.219. The molecule has 2 heterocycles. The number of amides is 3. The molecule has 0 fully saturated rings. The third kappa shape index (κ3) is 5.06. The Kier molecular flexibility index (Phi) is 7.15. The molecule has 178 valence electrons. The van der Waals surface area contributed by atoms with Crippen molar-refractivity contribution in [3.8, 4) is 5.75 Å². The average Bonchev–Trinajstić information content (AvgIpc) is 3.22. The number of hydrogen-bond donors (Lipinski definition) is 2. The SMILES string of the molecule is CCOc1ccccc1[C@H]1NC(=O)N(CC(=O)N[C@@H](C)CCc2ccccc2)C2=C1C(=O)OC2. The van der Waals surface area contributed by atoms with Crippen molar-refractivity contribution >= 4 is 17.9 Å². The Morgan fingerprint density at radius 3 is 2.68 bits per heavy atom. The van der Waals surface area contributed by atoms with Gasteiger partial charge in [-0.25, -0.2) is 9.59 Å². The molecule has 0 saturated carbocycles. The van der Waals surface area contributed by atoms with Gasteiger partial charge in [0.15, 0.2) is 0 Å². The molecule has 0 radical (unpaired) electrons. The first-order valence-electron chi connectivity index (χ1n) is 11.5. The number of urea groups is 1. The monoisotopic (exact) mass is 463 g/mol. The van der Waals surface area contributed by atoms with E-state index in [0.717, 1.165) is 12.8 Å². The summed E-state index contributed by atoms with van der Waals surface area (Å²) < 4.78 is 11.0. The number of aryl methyl sites for hydroxylation is 1. The summed E-state index contributed by atoms with van der Waals surface area (Å²) in [5, 5.41) is 5.81. The molecule has 8 heteroatoms. The number of benzene rings is 2. The van der Waals surface area contributed by atoms with Gasteiger partial charge in [-0.05, 0) is 38.3 Å². The molecular weight excluding hydrogens is 434 g/mol. The zero-order valence-electron chi connectivity index (χ0n) is 19.4. The normalized spacial score (nSPS) is 18.2. The number of nitrogens with one attached hydrogen (secondary N) is 2. The molecule has 0 saturated heterocycles. The van der Waals surface area contributed by atoms with Crippen LogP contribution in [0, 0.1) is 0 Å². The van der Waals surface area contributed by atoms with Crippen LogP contribution >= 0.6 is 0 Å². The Labute approximate surface area is 198 Å². The predicted octanol–water partition coefficient (Wildman–Crippen LogP) is 3.10. The standard InChI is InChI=1S/C26H29N3O5/c1-3-33-21-12-8-7-11-19(21)24-23-20(16-34-25(23)31)29(26(32)28-24)15-22(30)27-17(2)13-14-18-9-5-4-6-10-18/h4-12,17,24H,3,13-16H2,1-2H3,(H,27,30)(H,28,32)/t17-,24+/m0/s1. The fourth-order valence-corrected chi connectivity index (χ4v) is 4.28. The quantitative estimate of drug-likeness (QED) is 0.557. The number of rotatable bonds is 9. The highest BCUT2D eigenvalue weighted by atomic mass is 16.5. The zero-order chi connectivity index (χ0) is 24.1. The fourth-order valence-electron chi connectivity index (χ4n) is 4.28. The molecule has 3 amide bonds. The topological polar surface area (TPSA) is 97.0 Å². The highest BCUT2D eigenvalue weighted by Crippen LogP contribution is 2.38. The van der Waals surface area contributed by atoms with E-state index in [1.165, 1.54) is 10.5 Å². The largest absolute Gasteiger partial charge is 0.494 e. The second kappa shape index (κ2) is 10.4. The van der Waals surface area contributed by atoms with Crippen molar-refractivity contribution in [1.82, 2.24) is 15.5 Å². The molecule has 0 bridgehead atoms. The molecule has 0 spiro atoms. The lowest BCUT2D eigenvalue weighted by molar-refractivity contribution is -0.136. The molecule has 0 unspecified atom stereocenters.